The Labute approximate surface area is 214 Å². The van der Waals surface area contributed by atoms with Crippen molar-refractivity contribution in [2.75, 3.05) is 13.1 Å². The van der Waals surface area contributed by atoms with Crippen LogP contribution in [0.1, 0.15) is 62.4 Å². The van der Waals surface area contributed by atoms with E-state index < -0.39 is 24.3 Å². The summed E-state index contributed by atoms with van der Waals surface area (Å²) in [6, 6.07) is 0. The van der Waals surface area contributed by atoms with E-state index in [0.717, 1.165) is 25.5 Å². The first-order valence-electron chi connectivity index (χ1n) is 12.0. The van der Waals surface area contributed by atoms with Gasteiger partial charge in [-0.2, -0.15) is 26.3 Å². The lowest BCUT2D eigenvalue weighted by Crippen LogP contribution is -2.36. The van der Waals surface area contributed by atoms with Crippen LogP contribution in [0.3, 0.4) is 0 Å². The van der Waals surface area contributed by atoms with Crippen molar-refractivity contribution in [3.05, 3.63) is 30.1 Å². The quantitative estimate of drug-likeness (QED) is 0.466. The summed E-state index contributed by atoms with van der Waals surface area (Å²) in [6.07, 6.45) is 4.99. The molecule has 2 aliphatic rings. The van der Waals surface area contributed by atoms with Crippen LogP contribution in [0.4, 0.5) is 26.3 Å². The Kier molecular flexibility index (Phi) is 11.5. The molecule has 1 aliphatic heterocycles. The number of hydrogen-bond acceptors (Lipinski definition) is 6. The number of alkyl halides is 6. The van der Waals surface area contributed by atoms with Crippen molar-refractivity contribution in [3.63, 3.8) is 0 Å². The van der Waals surface area contributed by atoms with Gasteiger partial charge in [-0.3, -0.25) is 9.58 Å². The van der Waals surface area contributed by atoms with Gasteiger partial charge in [-0.1, -0.05) is 24.5 Å². The van der Waals surface area contributed by atoms with Crippen LogP contribution < -0.4 is 0 Å². The number of likely N-dealkylation sites (tertiary alicyclic amines) is 1. The number of carboxylic acids is 2. The molecular formula is C22H30F6N6O4. The molecule has 1 saturated carbocycles. The molecule has 10 nitrogen and oxygen atoms in total. The number of carboxylic acid groups (broad SMARTS) is 2. The van der Waals surface area contributed by atoms with Gasteiger partial charge in [0.1, 0.15) is 5.82 Å². The number of imidazole rings is 1. The van der Waals surface area contributed by atoms with E-state index in [0.29, 0.717) is 11.8 Å². The van der Waals surface area contributed by atoms with Crippen molar-refractivity contribution in [2.45, 2.75) is 76.3 Å². The molecule has 1 atom stereocenters. The SMILES string of the molecule is O=C(O)C(F)(F)F.O=C(O)C(F)(F)F.c1c[nH]c(CN2CCCC(Cn3cc(C4CCCCC4)nn3)C2)n1. The molecule has 1 saturated heterocycles. The second-order valence-electron chi connectivity index (χ2n) is 9.09. The highest BCUT2D eigenvalue weighted by molar-refractivity contribution is 5.73. The molecule has 0 spiro atoms. The smallest absolute Gasteiger partial charge is 0.475 e. The zero-order valence-corrected chi connectivity index (χ0v) is 20.4. The van der Waals surface area contributed by atoms with Gasteiger partial charge >= 0.3 is 24.3 Å². The van der Waals surface area contributed by atoms with E-state index in [-0.39, 0.29) is 0 Å². The Morgan fingerprint density at radius 1 is 0.974 bits per heavy atom. The van der Waals surface area contributed by atoms with Crippen LogP contribution in [-0.2, 0) is 22.7 Å². The number of halogens is 6. The van der Waals surface area contributed by atoms with E-state index >= 15 is 0 Å². The minimum absolute atomic E-state index is 0.648. The molecule has 0 aromatic carbocycles. The Bertz CT molecular complexity index is 965. The Morgan fingerprint density at radius 3 is 2.11 bits per heavy atom. The zero-order chi connectivity index (χ0) is 28.3. The third-order valence-corrected chi connectivity index (χ3v) is 6.04. The third kappa shape index (κ3) is 11.1. The van der Waals surface area contributed by atoms with E-state index in [1.165, 1.54) is 57.2 Å². The fraction of sp³-hybridized carbons (Fsp3) is 0.682. The van der Waals surface area contributed by atoms with Crippen LogP contribution in [0.15, 0.2) is 18.6 Å². The standard InChI is InChI=1S/C18H28N6.2C2HF3O2/c1-2-6-16(7-3-1)17-13-24(22-21-17)12-15-5-4-10-23(11-15)14-18-19-8-9-20-18;2*3-2(4,5)1(6)7/h8-9,13,15-16H,1-7,10-12,14H2,(H,19,20);2*(H,6,7). The fourth-order valence-corrected chi connectivity index (χ4v) is 4.29. The molecule has 3 heterocycles. The summed E-state index contributed by atoms with van der Waals surface area (Å²) < 4.78 is 65.6. The first-order chi connectivity index (χ1) is 17.8. The van der Waals surface area contributed by atoms with E-state index in [1.54, 1.807) is 0 Å². The predicted molar refractivity (Wildman–Crippen MR) is 120 cm³/mol. The predicted octanol–water partition coefficient (Wildman–Crippen LogP) is 4.23. The van der Waals surface area contributed by atoms with Gasteiger partial charge in [0.2, 0.25) is 0 Å². The van der Waals surface area contributed by atoms with Crippen molar-refractivity contribution in [3.8, 4) is 0 Å². The van der Waals surface area contributed by atoms with Gasteiger partial charge in [-0.15, -0.1) is 5.10 Å². The normalized spacial score (nSPS) is 19.1. The number of H-pyrrole nitrogens is 1. The molecule has 38 heavy (non-hydrogen) atoms. The van der Waals surface area contributed by atoms with E-state index in [2.05, 4.69) is 36.1 Å². The lowest BCUT2D eigenvalue weighted by atomic mass is 9.87. The van der Waals surface area contributed by atoms with Gasteiger partial charge in [-0.25, -0.2) is 14.6 Å². The maximum absolute atomic E-state index is 10.6. The van der Waals surface area contributed by atoms with Gasteiger partial charge in [0.05, 0.1) is 12.2 Å². The molecule has 1 aliphatic carbocycles. The summed E-state index contributed by atoms with van der Waals surface area (Å²) in [7, 11) is 0. The van der Waals surface area contributed by atoms with Gasteiger partial charge in [-0.05, 0) is 38.1 Å². The number of aromatic amines is 1. The van der Waals surface area contributed by atoms with Crippen molar-refractivity contribution in [1.82, 2.24) is 29.9 Å². The van der Waals surface area contributed by atoms with Gasteiger partial charge < -0.3 is 15.2 Å². The number of hydrogen-bond donors (Lipinski definition) is 3. The summed E-state index contributed by atoms with van der Waals surface area (Å²) in [5.74, 6) is -3.14. The first-order valence-corrected chi connectivity index (χ1v) is 12.0. The minimum atomic E-state index is -5.08. The fourth-order valence-electron chi connectivity index (χ4n) is 4.29. The maximum atomic E-state index is 10.6. The number of nitrogens with one attached hydrogen (secondary N) is 1. The molecule has 1 unspecified atom stereocenters. The van der Waals surface area contributed by atoms with Crippen molar-refractivity contribution in [2.24, 2.45) is 5.92 Å². The first kappa shape index (κ1) is 31.1. The topological polar surface area (TPSA) is 137 Å². The average molecular weight is 557 g/mol. The summed E-state index contributed by atoms with van der Waals surface area (Å²) in [6.45, 7) is 4.21. The lowest BCUT2D eigenvalue weighted by molar-refractivity contribution is -0.193. The lowest BCUT2D eigenvalue weighted by Gasteiger charge is -2.31. The Morgan fingerprint density at radius 2 is 1.58 bits per heavy atom. The largest absolute Gasteiger partial charge is 0.490 e. The summed E-state index contributed by atoms with van der Waals surface area (Å²) in [5.41, 5.74) is 1.22. The third-order valence-electron chi connectivity index (χ3n) is 6.04. The molecule has 0 radical (unpaired) electrons. The van der Waals surface area contributed by atoms with Gasteiger partial charge in [0.15, 0.2) is 0 Å². The van der Waals surface area contributed by atoms with Crippen molar-refractivity contribution >= 4 is 11.9 Å². The maximum Gasteiger partial charge on any atom is 0.490 e. The molecule has 16 heteroatoms. The molecule has 2 aromatic rings. The number of rotatable bonds is 5. The van der Waals surface area contributed by atoms with Crippen LogP contribution >= 0.6 is 0 Å². The van der Waals surface area contributed by atoms with Crippen LogP contribution in [-0.4, -0.2) is 77.5 Å². The van der Waals surface area contributed by atoms with Crippen LogP contribution in [0.25, 0.3) is 0 Å². The van der Waals surface area contributed by atoms with Crippen LogP contribution in [0.5, 0.6) is 0 Å². The Balaban J connectivity index is 0.000000301. The van der Waals surface area contributed by atoms with Gasteiger partial charge in [0.25, 0.3) is 0 Å². The molecule has 4 rings (SSSR count). The summed E-state index contributed by atoms with van der Waals surface area (Å²) in [5, 5.41) is 23.1. The summed E-state index contributed by atoms with van der Waals surface area (Å²) in [4.78, 5) is 27.9. The van der Waals surface area contributed by atoms with E-state index in [9.17, 15) is 26.3 Å². The number of carbonyl (C=O) groups is 2. The zero-order valence-electron chi connectivity index (χ0n) is 20.4. The Hall–Kier alpha value is -3.17. The highest BCUT2D eigenvalue weighted by atomic mass is 19.4. The monoisotopic (exact) mass is 556 g/mol. The summed E-state index contributed by atoms with van der Waals surface area (Å²) >= 11 is 0. The molecule has 0 amide bonds. The van der Waals surface area contributed by atoms with Crippen molar-refractivity contribution < 1.29 is 46.1 Å². The second-order valence-corrected chi connectivity index (χ2v) is 9.09. The van der Waals surface area contributed by atoms with Crippen LogP contribution in [0, 0.1) is 5.92 Å². The van der Waals surface area contributed by atoms with Crippen LogP contribution in [0.2, 0.25) is 0 Å². The molecule has 214 valence electrons. The molecule has 2 aromatic heterocycles. The van der Waals surface area contributed by atoms with E-state index in [4.69, 9.17) is 19.8 Å². The minimum Gasteiger partial charge on any atom is -0.475 e. The second kappa shape index (κ2) is 14.1. The number of nitrogens with zero attached hydrogens (tertiary/aromatic N) is 5. The highest BCUT2D eigenvalue weighted by Crippen LogP contribution is 2.31. The molecular weight excluding hydrogens is 526 g/mol. The number of aliphatic carboxylic acids is 2. The van der Waals surface area contributed by atoms with Crippen molar-refractivity contribution in [1.29, 1.82) is 0 Å². The highest BCUT2D eigenvalue weighted by Gasteiger charge is 2.38. The number of piperidine rings is 1. The molecule has 2 fully saturated rings. The van der Waals surface area contributed by atoms with Gasteiger partial charge in [0, 0.05) is 37.6 Å². The van der Waals surface area contributed by atoms with E-state index in [1.807, 2.05) is 12.4 Å². The molecule has 3 N–H and O–H groups in total. The molecule has 0 bridgehead atoms. The average Bonchev–Trinajstić information content (AvgIpc) is 3.52. The number of aromatic nitrogens is 5.